The van der Waals surface area contributed by atoms with E-state index in [2.05, 4.69) is 52.0 Å². The highest BCUT2D eigenvalue weighted by Crippen LogP contribution is 2.61. The van der Waals surface area contributed by atoms with Gasteiger partial charge in [0.15, 0.2) is 0 Å². The molecular weight excluding hydrogens is 801 g/mol. The van der Waals surface area contributed by atoms with E-state index in [1.54, 1.807) is 0 Å². The molecule has 0 aliphatic heterocycles. The van der Waals surface area contributed by atoms with Crippen LogP contribution in [-0.4, -0.2) is 87.7 Å². The van der Waals surface area contributed by atoms with Gasteiger partial charge in [-0.1, -0.05) is 114 Å². The molecule has 6 fully saturated rings. The third kappa shape index (κ3) is 12.3. The van der Waals surface area contributed by atoms with E-state index in [1.165, 1.54) is 75.4 Å². The summed E-state index contributed by atoms with van der Waals surface area (Å²) in [6.45, 7) is 21.1. The molecule has 8 heteroatoms. The van der Waals surface area contributed by atoms with Gasteiger partial charge in [0.2, 0.25) is 0 Å². The molecule has 6 unspecified atom stereocenters. The summed E-state index contributed by atoms with van der Waals surface area (Å²) in [6, 6.07) is 0. The Bertz CT molecular complexity index is 1500. The number of aliphatic hydroxyl groups excluding tert-OH is 4. The molecular formula is C56H96O8. The minimum absolute atomic E-state index is 0.352. The Morgan fingerprint density at radius 2 is 0.891 bits per heavy atom. The number of hydrogen-bond donors (Lipinski definition) is 8. The fourth-order valence-corrected chi connectivity index (χ4v) is 14.5. The number of rotatable bonds is 14. The van der Waals surface area contributed by atoms with Gasteiger partial charge >= 0.3 is 0 Å². The standard InChI is InChI=1S/2C28H48O4/c2*1-6-28(32)24(29)17-20(18-25(28)30)11-12-21-10-8-16-27(5)22(13-14-23(21)27)19(2)9-7-15-26(3,4)31/h2*11-12,19,22-25,29-32H,6-10,13-18H2,1-5H3/b2*20-11?,21-12+/t2*19-,22?,23?,24-,25-,27?,28?/m11/s1. The summed E-state index contributed by atoms with van der Waals surface area (Å²) in [7, 11) is 0. The van der Waals surface area contributed by atoms with Crippen LogP contribution in [0.1, 0.15) is 210 Å². The molecule has 6 aliphatic carbocycles. The molecule has 8 nitrogen and oxygen atoms in total. The predicted molar refractivity (Wildman–Crippen MR) is 260 cm³/mol. The third-order valence-electron chi connectivity index (χ3n) is 18.7. The van der Waals surface area contributed by atoms with Crippen LogP contribution in [0.2, 0.25) is 0 Å². The molecule has 12 atom stereocenters. The van der Waals surface area contributed by atoms with Crippen LogP contribution in [0.25, 0.3) is 0 Å². The molecule has 0 saturated heterocycles. The van der Waals surface area contributed by atoms with E-state index >= 15 is 0 Å². The molecule has 0 spiro atoms. The van der Waals surface area contributed by atoms with Crippen LogP contribution in [0.5, 0.6) is 0 Å². The van der Waals surface area contributed by atoms with Crippen LogP contribution in [0.3, 0.4) is 0 Å². The maximum absolute atomic E-state index is 10.5. The summed E-state index contributed by atoms with van der Waals surface area (Å²) in [5.41, 5.74) is 1.97. The third-order valence-corrected chi connectivity index (χ3v) is 18.7. The molecule has 6 aliphatic rings. The molecule has 6 saturated carbocycles. The first-order valence-corrected chi connectivity index (χ1v) is 26.2. The Morgan fingerprint density at radius 1 is 0.562 bits per heavy atom. The number of fused-ring (bicyclic) bond motifs is 2. The minimum Gasteiger partial charge on any atom is -0.390 e. The molecule has 0 aromatic carbocycles. The van der Waals surface area contributed by atoms with Crippen molar-refractivity contribution in [2.75, 3.05) is 0 Å². The second-order valence-electron chi connectivity index (χ2n) is 24.3. The van der Waals surface area contributed by atoms with E-state index < -0.39 is 46.8 Å². The van der Waals surface area contributed by atoms with E-state index in [4.69, 9.17) is 0 Å². The zero-order valence-corrected chi connectivity index (χ0v) is 42.2. The summed E-state index contributed by atoms with van der Waals surface area (Å²) >= 11 is 0. The number of hydrogen-bond acceptors (Lipinski definition) is 8. The van der Waals surface area contributed by atoms with Gasteiger partial charge in [-0.3, -0.25) is 0 Å². The van der Waals surface area contributed by atoms with Gasteiger partial charge in [-0.25, -0.2) is 0 Å². The Kier molecular flexibility index (Phi) is 18.0. The average Bonchev–Trinajstić information content (AvgIpc) is 3.76. The van der Waals surface area contributed by atoms with Gasteiger partial charge in [0.1, 0.15) is 11.2 Å². The Hall–Kier alpha value is -1.36. The molecule has 64 heavy (non-hydrogen) atoms. The van der Waals surface area contributed by atoms with Crippen LogP contribution < -0.4 is 0 Å². The van der Waals surface area contributed by atoms with Crippen molar-refractivity contribution in [2.24, 2.45) is 46.3 Å². The fourth-order valence-electron chi connectivity index (χ4n) is 14.5. The first kappa shape index (κ1) is 53.6. The van der Waals surface area contributed by atoms with Gasteiger partial charge in [0.05, 0.1) is 35.6 Å². The topological polar surface area (TPSA) is 162 Å². The SMILES string of the molecule is CCC1(O)[C@H](O)CC(=C/C=C2\CCCC3(C)C2CCC3[C@H](C)CCCC(C)(C)O)C[C@H]1O.CCC1(O)[C@H](O)CC(=C/C=C2\CCCC3(C)C2CCC3[C@H](C)CCCC(C)(C)O)C[C@H]1O. The monoisotopic (exact) mass is 897 g/mol. The summed E-state index contributed by atoms with van der Waals surface area (Å²) in [5, 5.41) is 82.9. The zero-order valence-electron chi connectivity index (χ0n) is 42.2. The molecule has 0 aromatic rings. The largest absolute Gasteiger partial charge is 0.390 e. The van der Waals surface area contributed by atoms with Gasteiger partial charge in [-0.2, -0.15) is 0 Å². The van der Waals surface area contributed by atoms with E-state index in [0.717, 1.165) is 61.5 Å². The number of aliphatic hydroxyl groups is 8. The average molecular weight is 897 g/mol. The second kappa shape index (κ2) is 21.5. The van der Waals surface area contributed by atoms with Crippen LogP contribution in [0.15, 0.2) is 46.6 Å². The van der Waals surface area contributed by atoms with Crippen molar-refractivity contribution in [3.05, 3.63) is 46.6 Å². The van der Waals surface area contributed by atoms with Gasteiger partial charge < -0.3 is 40.9 Å². The summed E-state index contributed by atoms with van der Waals surface area (Å²) in [6.07, 6.45) is 26.4. The van der Waals surface area contributed by atoms with Crippen LogP contribution in [-0.2, 0) is 0 Å². The molecule has 368 valence electrons. The van der Waals surface area contributed by atoms with Crippen LogP contribution in [0.4, 0.5) is 0 Å². The van der Waals surface area contributed by atoms with Crippen molar-refractivity contribution in [2.45, 2.75) is 257 Å². The quantitative estimate of drug-likeness (QED) is 0.0855. The Morgan fingerprint density at radius 3 is 1.19 bits per heavy atom. The smallest absolute Gasteiger partial charge is 0.117 e. The van der Waals surface area contributed by atoms with Crippen molar-refractivity contribution in [1.82, 2.24) is 0 Å². The highest BCUT2D eigenvalue weighted by molar-refractivity contribution is 5.29. The molecule has 0 heterocycles. The minimum atomic E-state index is -1.38. The molecule has 0 aromatic heterocycles. The van der Waals surface area contributed by atoms with Gasteiger partial charge in [-0.05, 0) is 190 Å². The van der Waals surface area contributed by atoms with Gasteiger partial charge in [0, 0.05) is 0 Å². The van der Waals surface area contributed by atoms with Crippen molar-refractivity contribution in [1.29, 1.82) is 0 Å². The van der Waals surface area contributed by atoms with Gasteiger partial charge in [0.25, 0.3) is 0 Å². The molecule has 0 radical (unpaired) electrons. The maximum Gasteiger partial charge on any atom is 0.117 e. The Labute approximate surface area is 389 Å². The normalized spacial score (nSPS) is 40.4. The molecule has 0 bridgehead atoms. The Balaban J connectivity index is 0.000000241. The molecule has 0 amide bonds. The van der Waals surface area contributed by atoms with Gasteiger partial charge in [-0.15, -0.1) is 0 Å². The van der Waals surface area contributed by atoms with E-state index in [1.807, 2.05) is 41.5 Å². The molecule has 6 rings (SSSR count). The van der Waals surface area contributed by atoms with Crippen LogP contribution >= 0.6 is 0 Å². The lowest BCUT2D eigenvalue weighted by Gasteiger charge is -2.44. The fraction of sp³-hybridized carbons (Fsp3) is 0.857. The highest BCUT2D eigenvalue weighted by Gasteiger charge is 2.52. The van der Waals surface area contributed by atoms with Crippen molar-refractivity contribution >= 4 is 0 Å². The zero-order chi connectivity index (χ0) is 47.5. The molecule has 8 N–H and O–H groups in total. The van der Waals surface area contributed by atoms with Crippen LogP contribution in [0, 0.1) is 46.3 Å². The van der Waals surface area contributed by atoms with Crippen molar-refractivity contribution in [3.8, 4) is 0 Å². The lowest BCUT2D eigenvalue weighted by atomic mass is 9.60. The highest BCUT2D eigenvalue weighted by atomic mass is 16.4. The summed E-state index contributed by atoms with van der Waals surface area (Å²) in [4.78, 5) is 0. The lowest BCUT2D eigenvalue weighted by molar-refractivity contribution is -0.158. The van der Waals surface area contributed by atoms with E-state index in [0.29, 0.717) is 73.0 Å². The summed E-state index contributed by atoms with van der Waals surface area (Å²) < 4.78 is 0. The first-order chi connectivity index (χ1) is 29.8. The van der Waals surface area contributed by atoms with Crippen molar-refractivity contribution < 1.29 is 40.9 Å². The van der Waals surface area contributed by atoms with Crippen molar-refractivity contribution in [3.63, 3.8) is 0 Å². The summed E-state index contributed by atoms with van der Waals surface area (Å²) in [5.74, 6) is 4.09. The van der Waals surface area contributed by atoms with E-state index in [9.17, 15) is 40.9 Å². The second-order valence-corrected chi connectivity index (χ2v) is 24.3. The number of allylic oxidation sites excluding steroid dienone is 6. The lowest BCUT2D eigenvalue weighted by Crippen LogP contribution is -2.54. The predicted octanol–water partition coefficient (Wildman–Crippen LogP) is 10.6. The first-order valence-electron chi connectivity index (χ1n) is 26.2. The van der Waals surface area contributed by atoms with E-state index in [-0.39, 0.29) is 0 Å². The maximum atomic E-state index is 10.5.